The van der Waals surface area contributed by atoms with E-state index in [0.717, 1.165) is 0 Å². The number of nitrogens with one attached hydrogen (secondary N) is 1. The molecule has 2 N–H and O–H groups in total. The van der Waals surface area contributed by atoms with Gasteiger partial charge in [-0.2, -0.15) is 0 Å². The molecule has 0 saturated carbocycles. The molecule has 7 heteroatoms. The van der Waals surface area contributed by atoms with Crippen molar-refractivity contribution in [1.82, 2.24) is 4.90 Å². The van der Waals surface area contributed by atoms with E-state index in [0.29, 0.717) is 42.9 Å². The van der Waals surface area contributed by atoms with Crippen LogP contribution in [0.3, 0.4) is 0 Å². The highest BCUT2D eigenvalue weighted by atomic mass is 16.5. The Bertz CT molecular complexity index is 650. The highest BCUT2D eigenvalue weighted by Gasteiger charge is 2.26. The maximum absolute atomic E-state index is 12.6. The Morgan fingerprint density at radius 3 is 2.74 bits per heavy atom. The van der Waals surface area contributed by atoms with Crippen molar-refractivity contribution in [2.24, 2.45) is 5.92 Å². The van der Waals surface area contributed by atoms with E-state index in [1.54, 1.807) is 23.1 Å². The molecule has 1 aromatic carbocycles. The van der Waals surface area contributed by atoms with Gasteiger partial charge in [-0.25, -0.2) is 0 Å². The van der Waals surface area contributed by atoms with Crippen LogP contribution in [0.25, 0.3) is 0 Å². The molecule has 1 saturated heterocycles. The molecule has 0 aromatic heterocycles. The third kappa shape index (κ3) is 3.44. The molecule has 3 rings (SSSR count). The number of nitrogens with zero attached hydrogens (tertiary/aromatic N) is 1. The fourth-order valence-corrected chi connectivity index (χ4v) is 2.99. The van der Waals surface area contributed by atoms with Crippen LogP contribution in [0.4, 0.5) is 5.69 Å². The van der Waals surface area contributed by atoms with E-state index in [1.165, 1.54) is 0 Å². The standard InChI is InChI=1S/C16H18N2O5/c19-14-9-23-13-2-1-11(8-12(13)17-14)16(22)18-5-3-10(4-6-18)7-15(20)21/h1-2,8,10H,3-7,9H2,(H,17,19)(H,20,21). The number of piperidine rings is 1. The zero-order valence-electron chi connectivity index (χ0n) is 12.6. The highest BCUT2D eigenvalue weighted by molar-refractivity contribution is 5.99. The maximum atomic E-state index is 12.6. The number of amides is 2. The van der Waals surface area contributed by atoms with Gasteiger partial charge in [-0.1, -0.05) is 0 Å². The van der Waals surface area contributed by atoms with Crippen molar-refractivity contribution in [3.63, 3.8) is 0 Å². The highest BCUT2D eigenvalue weighted by Crippen LogP contribution is 2.29. The zero-order valence-corrected chi connectivity index (χ0v) is 12.6. The Hall–Kier alpha value is -2.57. The number of aliphatic carboxylic acids is 1. The van der Waals surface area contributed by atoms with Gasteiger partial charge in [0.1, 0.15) is 5.75 Å². The number of hydrogen-bond acceptors (Lipinski definition) is 4. The molecular formula is C16H18N2O5. The summed E-state index contributed by atoms with van der Waals surface area (Å²) in [5.74, 6) is -0.452. The van der Waals surface area contributed by atoms with Crippen molar-refractivity contribution in [2.75, 3.05) is 25.0 Å². The smallest absolute Gasteiger partial charge is 0.303 e. The zero-order chi connectivity index (χ0) is 16.4. The first-order valence-electron chi connectivity index (χ1n) is 7.60. The number of carbonyl (C=O) groups is 3. The van der Waals surface area contributed by atoms with Crippen molar-refractivity contribution in [3.8, 4) is 5.75 Å². The molecule has 2 amide bonds. The van der Waals surface area contributed by atoms with Crippen LogP contribution in [0.15, 0.2) is 18.2 Å². The van der Waals surface area contributed by atoms with Gasteiger partial charge in [0.15, 0.2) is 6.61 Å². The minimum atomic E-state index is -0.791. The quantitative estimate of drug-likeness (QED) is 0.877. The van der Waals surface area contributed by atoms with Crippen molar-refractivity contribution in [1.29, 1.82) is 0 Å². The van der Waals surface area contributed by atoms with E-state index in [1.807, 2.05) is 0 Å². The monoisotopic (exact) mass is 318 g/mol. The largest absolute Gasteiger partial charge is 0.482 e. The SMILES string of the molecule is O=C(O)CC1CCN(C(=O)c2ccc3c(c2)NC(=O)CO3)CC1. The second kappa shape index (κ2) is 6.28. The van der Waals surface area contributed by atoms with Crippen molar-refractivity contribution < 1.29 is 24.2 Å². The van der Waals surface area contributed by atoms with Crippen LogP contribution in [-0.2, 0) is 9.59 Å². The lowest BCUT2D eigenvalue weighted by molar-refractivity contribution is -0.138. The minimum absolute atomic E-state index is 0.0165. The van der Waals surface area contributed by atoms with Gasteiger partial charge >= 0.3 is 5.97 Å². The fraction of sp³-hybridized carbons (Fsp3) is 0.438. The molecule has 23 heavy (non-hydrogen) atoms. The molecule has 0 spiro atoms. The molecule has 1 fully saturated rings. The summed E-state index contributed by atoms with van der Waals surface area (Å²) >= 11 is 0. The number of benzene rings is 1. The summed E-state index contributed by atoms with van der Waals surface area (Å²) in [4.78, 5) is 36.4. The third-order valence-electron chi connectivity index (χ3n) is 4.22. The number of ether oxygens (including phenoxy) is 1. The normalized spacial score (nSPS) is 17.9. The molecule has 1 aromatic rings. The van der Waals surface area contributed by atoms with E-state index in [2.05, 4.69) is 5.32 Å². The summed E-state index contributed by atoms with van der Waals surface area (Å²) in [6.45, 7) is 1.09. The lowest BCUT2D eigenvalue weighted by Crippen LogP contribution is -2.39. The lowest BCUT2D eigenvalue weighted by atomic mass is 9.93. The molecule has 0 radical (unpaired) electrons. The van der Waals surface area contributed by atoms with Gasteiger partial charge in [-0.3, -0.25) is 14.4 Å². The van der Waals surface area contributed by atoms with Gasteiger partial charge in [-0.05, 0) is 37.0 Å². The van der Waals surface area contributed by atoms with Crippen LogP contribution in [0, 0.1) is 5.92 Å². The number of hydrogen-bond donors (Lipinski definition) is 2. The summed E-state index contributed by atoms with van der Waals surface area (Å²) in [5.41, 5.74) is 0.999. The fourth-order valence-electron chi connectivity index (χ4n) is 2.99. The number of carbonyl (C=O) groups excluding carboxylic acids is 2. The number of carboxylic acids is 1. The average Bonchev–Trinajstić information content (AvgIpc) is 2.53. The Morgan fingerprint density at radius 1 is 1.30 bits per heavy atom. The summed E-state index contributed by atoms with van der Waals surface area (Å²) in [6.07, 6.45) is 1.55. The second-order valence-corrected chi connectivity index (χ2v) is 5.88. The third-order valence-corrected chi connectivity index (χ3v) is 4.22. The topological polar surface area (TPSA) is 95.9 Å². The molecule has 2 heterocycles. The van der Waals surface area contributed by atoms with Gasteiger partial charge in [-0.15, -0.1) is 0 Å². The predicted octanol–water partition coefficient (Wildman–Crippen LogP) is 1.34. The van der Waals surface area contributed by atoms with Crippen LogP contribution in [-0.4, -0.2) is 47.5 Å². The molecule has 0 unspecified atom stereocenters. The maximum Gasteiger partial charge on any atom is 0.303 e. The Morgan fingerprint density at radius 2 is 2.04 bits per heavy atom. The number of fused-ring (bicyclic) bond motifs is 1. The van der Waals surface area contributed by atoms with E-state index in [9.17, 15) is 14.4 Å². The predicted molar refractivity (Wildman–Crippen MR) is 81.4 cm³/mol. The summed E-state index contributed by atoms with van der Waals surface area (Å²) in [6, 6.07) is 4.99. The molecule has 0 aliphatic carbocycles. The van der Waals surface area contributed by atoms with Crippen LogP contribution in [0.5, 0.6) is 5.75 Å². The Kier molecular flexibility index (Phi) is 4.18. The molecule has 122 valence electrons. The van der Waals surface area contributed by atoms with Crippen LogP contribution < -0.4 is 10.1 Å². The van der Waals surface area contributed by atoms with Crippen molar-refractivity contribution in [2.45, 2.75) is 19.3 Å². The van der Waals surface area contributed by atoms with E-state index >= 15 is 0 Å². The van der Waals surface area contributed by atoms with Crippen LogP contribution in [0.1, 0.15) is 29.6 Å². The second-order valence-electron chi connectivity index (χ2n) is 5.88. The molecule has 2 aliphatic heterocycles. The molecule has 0 bridgehead atoms. The van der Waals surface area contributed by atoms with E-state index < -0.39 is 5.97 Å². The molecule has 2 aliphatic rings. The van der Waals surface area contributed by atoms with Gasteiger partial charge in [0, 0.05) is 25.1 Å². The Labute approximate surface area is 133 Å². The first-order valence-corrected chi connectivity index (χ1v) is 7.60. The van der Waals surface area contributed by atoms with Crippen LogP contribution in [0.2, 0.25) is 0 Å². The minimum Gasteiger partial charge on any atom is -0.482 e. The van der Waals surface area contributed by atoms with Crippen molar-refractivity contribution >= 4 is 23.5 Å². The van der Waals surface area contributed by atoms with Crippen LogP contribution >= 0.6 is 0 Å². The van der Waals surface area contributed by atoms with Gasteiger partial charge < -0.3 is 20.1 Å². The van der Waals surface area contributed by atoms with E-state index in [-0.39, 0.29) is 30.8 Å². The molecular weight excluding hydrogens is 300 g/mol. The Balaban J connectivity index is 1.66. The average molecular weight is 318 g/mol. The first kappa shape index (κ1) is 15.3. The van der Waals surface area contributed by atoms with Gasteiger partial charge in [0.05, 0.1) is 5.69 Å². The summed E-state index contributed by atoms with van der Waals surface area (Å²) in [5, 5.41) is 11.5. The van der Waals surface area contributed by atoms with E-state index in [4.69, 9.17) is 9.84 Å². The number of carboxylic acid groups (broad SMARTS) is 1. The first-order chi connectivity index (χ1) is 11.0. The summed E-state index contributed by atoms with van der Waals surface area (Å²) in [7, 11) is 0. The number of likely N-dealkylation sites (tertiary alicyclic amines) is 1. The number of anilines is 1. The van der Waals surface area contributed by atoms with Gasteiger partial charge in [0.25, 0.3) is 11.8 Å². The lowest BCUT2D eigenvalue weighted by Gasteiger charge is -2.31. The molecule has 7 nitrogen and oxygen atoms in total. The summed E-state index contributed by atoms with van der Waals surface area (Å²) < 4.78 is 5.27. The van der Waals surface area contributed by atoms with Gasteiger partial charge in [0.2, 0.25) is 0 Å². The number of rotatable bonds is 3. The van der Waals surface area contributed by atoms with Crippen molar-refractivity contribution in [3.05, 3.63) is 23.8 Å². The molecule has 0 atom stereocenters.